The van der Waals surface area contributed by atoms with Crippen molar-refractivity contribution in [2.24, 2.45) is 0 Å². The number of hydrogen-bond acceptors (Lipinski definition) is 7. The second-order valence-electron chi connectivity index (χ2n) is 7.38. The van der Waals surface area contributed by atoms with Crippen LogP contribution in [0.2, 0.25) is 0 Å². The van der Waals surface area contributed by atoms with E-state index in [1.54, 1.807) is 31.2 Å². The maximum absolute atomic E-state index is 13.0. The second kappa shape index (κ2) is 7.68. The van der Waals surface area contributed by atoms with Crippen LogP contribution in [0.3, 0.4) is 0 Å². The first-order chi connectivity index (χ1) is 15.3. The molecule has 0 saturated carbocycles. The van der Waals surface area contributed by atoms with Crippen LogP contribution in [0.4, 0.5) is 14.6 Å². The Hall–Kier alpha value is -3.43. The molecule has 4 heterocycles. The SMILES string of the molecule is [2H]C1(Oc2ccc3c(c2)OCO3)CCN(c2nn3c(=O)cc(C(F)F)nc3cc2C)CC1. The monoisotopic (exact) mass is 431 g/mol. The van der Waals surface area contributed by atoms with Gasteiger partial charge < -0.3 is 19.1 Å². The van der Waals surface area contributed by atoms with Crippen molar-refractivity contribution in [3.05, 3.63) is 51.9 Å². The summed E-state index contributed by atoms with van der Waals surface area (Å²) in [7, 11) is 0. The zero-order valence-electron chi connectivity index (χ0n) is 17.7. The Morgan fingerprint density at radius 2 is 1.97 bits per heavy atom. The Kier molecular flexibility index (Phi) is 4.54. The number of aryl methyl sites for hydroxylation is 1. The van der Waals surface area contributed by atoms with Crippen molar-refractivity contribution >= 4 is 11.5 Å². The number of rotatable bonds is 4. The van der Waals surface area contributed by atoms with Gasteiger partial charge in [-0.05, 0) is 30.7 Å². The predicted octanol–water partition coefficient (Wildman–Crippen LogP) is 3.11. The number of aromatic nitrogens is 3. The molecule has 0 atom stereocenters. The van der Waals surface area contributed by atoms with Crippen LogP contribution < -0.4 is 24.7 Å². The van der Waals surface area contributed by atoms with E-state index in [1.165, 1.54) is 0 Å². The highest BCUT2D eigenvalue weighted by molar-refractivity contribution is 5.53. The molecule has 0 N–H and O–H groups in total. The Balaban J connectivity index is 1.34. The summed E-state index contributed by atoms with van der Waals surface area (Å²) in [6.45, 7) is 2.91. The molecule has 3 aromatic rings. The fraction of sp³-hybridized carbons (Fsp3) is 0.381. The lowest BCUT2D eigenvalue weighted by Crippen LogP contribution is -2.39. The minimum atomic E-state index is -2.83. The maximum Gasteiger partial charge on any atom is 0.280 e. The van der Waals surface area contributed by atoms with Crippen molar-refractivity contribution < 1.29 is 24.4 Å². The van der Waals surface area contributed by atoms with Gasteiger partial charge in [0.25, 0.3) is 12.0 Å². The molecule has 162 valence electrons. The molecule has 1 aromatic carbocycles. The molecule has 0 unspecified atom stereocenters. The number of fused-ring (bicyclic) bond motifs is 2. The number of halogens is 2. The van der Waals surface area contributed by atoms with Crippen molar-refractivity contribution in [2.75, 3.05) is 24.8 Å². The molecule has 1 saturated heterocycles. The fourth-order valence-corrected chi connectivity index (χ4v) is 3.74. The summed E-state index contributed by atoms with van der Waals surface area (Å²) in [5.41, 5.74) is -0.448. The number of nitrogens with zero attached hydrogens (tertiary/aromatic N) is 4. The lowest BCUT2D eigenvalue weighted by molar-refractivity contribution is 0.146. The molecule has 0 amide bonds. The van der Waals surface area contributed by atoms with Gasteiger partial charge in [-0.1, -0.05) is 0 Å². The van der Waals surface area contributed by atoms with Crippen LogP contribution >= 0.6 is 0 Å². The van der Waals surface area contributed by atoms with Crippen molar-refractivity contribution in [3.63, 3.8) is 0 Å². The Bertz CT molecular complexity index is 1240. The van der Waals surface area contributed by atoms with Crippen LogP contribution in [0.25, 0.3) is 5.65 Å². The summed E-state index contributed by atoms with van der Waals surface area (Å²) >= 11 is 0. The van der Waals surface area contributed by atoms with E-state index in [2.05, 4.69) is 10.1 Å². The molecule has 0 bridgehead atoms. The first-order valence-electron chi connectivity index (χ1n) is 10.3. The zero-order valence-corrected chi connectivity index (χ0v) is 16.7. The highest BCUT2D eigenvalue weighted by Crippen LogP contribution is 2.36. The molecule has 0 aliphatic carbocycles. The molecule has 2 aliphatic heterocycles. The highest BCUT2D eigenvalue weighted by atomic mass is 19.3. The van der Waals surface area contributed by atoms with Gasteiger partial charge in [0.15, 0.2) is 23.0 Å². The van der Waals surface area contributed by atoms with Crippen LogP contribution in [0.15, 0.2) is 35.1 Å². The van der Waals surface area contributed by atoms with E-state index in [4.69, 9.17) is 15.6 Å². The van der Waals surface area contributed by atoms with E-state index in [-0.39, 0.29) is 12.4 Å². The number of anilines is 1. The average molecular weight is 431 g/mol. The third-order valence-corrected chi connectivity index (χ3v) is 5.28. The zero-order chi connectivity index (χ0) is 22.5. The summed E-state index contributed by atoms with van der Waals surface area (Å²) < 4.78 is 52.3. The molecule has 1 fully saturated rings. The van der Waals surface area contributed by atoms with Crippen molar-refractivity contribution in [1.29, 1.82) is 0 Å². The van der Waals surface area contributed by atoms with Crippen LogP contribution in [-0.2, 0) is 0 Å². The first-order valence-corrected chi connectivity index (χ1v) is 9.85. The average Bonchev–Trinajstić information content (AvgIpc) is 3.21. The molecule has 31 heavy (non-hydrogen) atoms. The molecular weight excluding hydrogens is 410 g/mol. The van der Waals surface area contributed by atoms with Crippen LogP contribution in [-0.4, -0.2) is 40.6 Å². The lowest BCUT2D eigenvalue weighted by Gasteiger charge is -2.33. The minimum Gasteiger partial charge on any atom is -0.490 e. The Labute approximate surface area is 177 Å². The third-order valence-electron chi connectivity index (χ3n) is 5.28. The topological polar surface area (TPSA) is 78.2 Å². The highest BCUT2D eigenvalue weighted by Gasteiger charge is 2.24. The molecule has 8 nitrogen and oxygen atoms in total. The van der Waals surface area contributed by atoms with Gasteiger partial charge in [0, 0.05) is 38.1 Å². The van der Waals surface area contributed by atoms with Gasteiger partial charge in [0.2, 0.25) is 6.79 Å². The third kappa shape index (κ3) is 3.73. The van der Waals surface area contributed by atoms with Gasteiger partial charge in [0.05, 0.1) is 1.37 Å². The summed E-state index contributed by atoms with van der Waals surface area (Å²) in [6.07, 6.45) is -3.15. The van der Waals surface area contributed by atoms with Crippen molar-refractivity contribution in [3.8, 4) is 17.2 Å². The van der Waals surface area contributed by atoms with E-state index < -0.39 is 23.8 Å². The smallest absolute Gasteiger partial charge is 0.280 e. The van der Waals surface area contributed by atoms with Crippen LogP contribution in [0.5, 0.6) is 17.2 Å². The van der Waals surface area contributed by atoms with Crippen molar-refractivity contribution in [2.45, 2.75) is 32.3 Å². The number of hydrogen-bond donors (Lipinski definition) is 0. The van der Waals surface area contributed by atoms with Crippen LogP contribution in [0, 0.1) is 6.92 Å². The van der Waals surface area contributed by atoms with E-state index in [0.29, 0.717) is 54.6 Å². The van der Waals surface area contributed by atoms with Gasteiger partial charge in [-0.25, -0.2) is 13.8 Å². The van der Waals surface area contributed by atoms with Crippen molar-refractivity contribution in [1.82, 2.24) is 14.6 Å². The molecular formula is C21H20F2N4O4. The Morgan fingerprint density at radius 1 is 1.19 bits per heavy atom. The molecule has 2 aliphatic rings. The van der Waals surface area contributed by atoms with E-state index in [9.17, 15) is 13.6 Å². The van der Waals surface area contributed by atoms with Gasteiger partial charge in [-0.3, -0.25) is 4.79 Å². The van der Waals surface area contributed by atoms with Gasteiger partial charge >= 0.3 is 0 Å². The van der Waals surface area contributed by atoms with E-state index in [1.807, 2.05) is 4.90 Å². The Morgan fingerprint density at radius 3 is 2.74 bits per heavy atom. The summed E-state index contributed by atoms with van der Waals surface area (Å²) in [4.78, 5) is 18.1. The number of ether oxygens (including phenoxy) is 3. The minimum absolute atomic E-state index is 0.0760. The number of piperidine rings is 1. The fourth-order valence-electron chi connectivity index (χ4n) is 3.74. The van der Waals surface area contributed by atoms with E-state index >= 15 is 0 Å². The largest absolute Gasteiger partial charge is 0.490 e. The summed E-state index contributed by atoms with van der Waals surface area (Å²) in [6, 6.07) is 7.59. The van der Waals surface area contributed by atoms with Gasteiger partial charge in [0.1, 0.15) is 17.5 Å². The van der Waals surface area contributed by atoms with E-state index in [0.717, 1.165) is 10.6 Å². The molecule has 0 spiro atoms. The quantitative estimate of drug-likeness (QED) is 0.628. The maximum atomic E-state index is 13.0. The summed E-state index contributed by atoms with van der Waals surface area (Å²) in [5.74, 6) is 2.32. The normalized spacial score (nSPS) is 17.8. The van der Waals surface area contributed by atoms with Gasteiger partial charge in [-0.15, -0.1) is 5.10 Å². The predicted molar refractivity (Wildman–Crippen MR) is 107 cm³/mol. The molecule has 2 aromatic heterocycles. The van der Waals surface area contributed by atoms with Gasteiger partial charge in [-0.2, -0.15) is 4.52 Å². The van der Waals surface area contributed by atoms with Crippen LogP contribution in [0.1, 0.15) is 31.9 Å². The number of alkyl halides is 2. The first kappa shape index (κ1) is 18.3. The number of benzene rings is 1. The molecule has 10 heteroatoms. The second-order valence-corrected chi connectivity index (χ2v) is 7.38. The molecule has 0 radical (unpaired) electrons. The lowest BCUT2D eigenvalue weighted by atomic mass is 10.1. The molecule has 5 rings (SSSR count). The standard InChI is InChI=1S/C21H20F2N4O4/c1-12-8-18-24-15(20(22)23)10-19(28)27(18)25-21(12)26-6-4-13(5-7-26)31-14-2-3-16-17(9-14)30-11-29-16/h2-3,8-10,13,20H,4-7,11H2,1H3/i13D. The summed E-state index contributed by atoms with van der Waals surface area (Å²) in [5, 5.41) is 4.36.